The minimum atomic E-state index is -0.511. The van der Waals surface area contributed by atoms with Crippen LogP contribution in [0.3, 0.4) is 0 Å². The first-order chi connectivity index (χ1) is 9.99. The quantitative estimate of drug-likeness (QED) is 0.591. The summed E-state index contributed by atoms with van der Waals surface area (Å²) in [5.74, 6) is 0.724. The van der Waals surface area contributed by atoms with Crippen molar-refractivity contribution in [2.24, 2.45) is 0 Å². The van der Waals surface area contributed by atoms with Gasteiger partial charge in [0.2, 0.25) is 0 Å². The Morgan fingerprint density at radius 1 is 1.14 bits per heavy atom. The van der Waals surface area contributed by atoms with Crippen LogP contribution in [0.1, 0.15) is 34.0 Å². The topological polar surface area (TPSA) is 26.3 Å². The standard InChI is InChI=1S/C18H19ClO2/c1-12-6-4-5-7-16(12)11-21-17-9-8-15(10-13(17)2)18(20)14(3)19/h4-10,14H,11H2,1-3H3. The van der Waals surface area contributed by atoms with E-state index in [2.05, 4.69) is 19.1 Å². The summed E-state index contributed by atoms with van der Waals surface area (Å²) in [6.45, 7) is 6.20. The monoisotopic (exact) mass is 302 g/mol. The number of rotatable bonds is 5. The fraction of sp³-hybridized carbons (Fsp3) is 0.278. The smallest absolute Gasteiger partial charge is 0.180 e. The Balaban J connectivity index is 2.12. The van der Waals surface area contributed by atoms with Crippen molar-refractivity contribution in [1.82, 2.24) is 0 Å². The molecule has 2 aromatic carbocycles. The average Bonchev–Trinajstić information content (AvgIpc) is 2.46. The zero-order valence-electron chi connectivity index (χ0n) is 12.5. The summed E-state index contributed by atoms with van der Waals surface area (Å²) >= 11 is 5.83. The summed E-state index contributed by atoms with van der Waals surface area (Å²) in [5.41, 5.74) is 3.93. The van der Waals surface area contributed by atoms with Gasteiger partial charge in [-0.05, 0) is 55.7 Å². The van der Waals surface area contributed by atoms with E-state index >= 15 is 0 Å². The Labute approximate surface area is 130 Å². The lowest BCUT2D eigenvalue weighted by Gasteiger charge is -2.12. The van der Waals surface area contributed by atoms with Gasteiger partial charge in [0.05, 0.1) is 5.38 Å². The maximum absolute atomic E-state index is 11.9. The molecule has 0 radical (unpaired) electrons. The Morgan fingerprint density at radius 2 is 1.86 bits per heavy atom. The predicted octanol–water partition coefficient (Wildman–Crippen LogP) is 4.69. The molecule has 0 heterocycles. The van der Waals surface area contributed by atoms with Gasteiger partial charge in [-0.25, -0.2) is 0 Å². The molecule has 110 valence electrons. The predicted molar refractivity (Wildman–Crippen MR) is 86.3 cm³/mol. The number of halogens is 1. The van der Waals surface area contributed by atoms with E-state index in [1.165, 1.54) is 5.56 Å². The molecule has 0 amide bonds. The molecule has 0 aliphatic heterocycles. The van der Waals surface area contributed by atoms with Crippen LogP contribution in [0.15, 0.2) is 42.5 Å². The summed E-state index contributed by atoms with van der Waals surface area (Å²) in [4.78, 5) is 11.9. The first-order valence-corrected chi connectivity index (χ1v) is 7.39. The molecule has 0 bridgehead atoms. The van der Waals surface area contributed by atoms with Crippen molar-refractivity contribution in [2.75, 3.05) is 0 Å². The van der Waals surface area contributed by atoms with Crippen molar-refractivity contribution in [2.45, 2.75) is 32.8 Å². The molecular formula is C18H19ClO2. The zero-order valence-corrected chi connectivity index (χ0v) is 13.3. The normalized spacial score (nSPS) is 12.0. The molecular weight excluding hydrogens is 284 g/mol. The lowest BCUT2D eigenvalue weighted by molar-refractivity contribution is 0.0991. The maximum Gasteiger partial charge on any atom is 0.180 e. The molecule has 2 rings (SSSR count). The van der Waals surface area contributed by atoms with E-state index in [9.17, 15) is 4.79 Å². The van der Waals surface area contributed by atoms with Crippen molar-refractivity contribution >= 4 is 17.4 Å². The van der Waals surface area contributed by atoms with Gasteiger partial charge in [-0.15, -0.1) is 11.6 Å². The van der Waals surface area contributed by atoms with Gasteiger partial charge in [0.1, 0.15) is 12.4 Å². The first-order valence-electron chi connectivity index (χ1n) is 6.95. The number of carbonyl (C=O) groups excluding carboxylic acids is 1. The van der Waals surface area contributed by atoms with Gasteiger partial charge in [-0.1, -0.05) is 24.3 Å². The van der Waals surface area contributed by atoms with E-state index < -0.39 is 5.38 Å². The van der Waals surface area contributed by atoms with Crippen LogP contribution in [0.2, 0.25) is 0 Å². The van der Waals surface area contributed by atoms with Crippen molar-refractivity contribution in [3.8, 4) is 5.75 Å². The number of hydrogen-bond acceptors (Lipinski definition) is 2. The molecule has 2 nitrogen and oxygen atoms in total. The molecule has 1 atom stereocenters. The van der Waals surface area contributed by atoms with Crippen molar-refractivity contribution in [3.05, 3.63) is 64.7 Å². The molecule has 0 saturated heterocycles. The van der Waals surface area contributed by atoms with E-state index in [1.54, 1.807) is 13.0 Å². The number of benzene rings is 2. The number of alkyl halides is 1. The van der Waals surface area contributed by atoms with Gasteiger partial charge in [0.15, 0.2) is 5.78 Å². The third kappa shape index (κ3) is 3.85. The molecule has 0 saturated carbocycles. The van der Waals surface area contributed by atoms with Crippen LogP contribution >= 0.6 is 11.6 Å². The average molecular weight is 303 g/mol. The second kappa shape index (κ2) is 6.77. The third-order valence-corrected chi connectivity index (χ3v) is 3.66. The summed E-state index contributed by atoms with van der Waals surface area (Å²) in [7, 11) is 0. The summed E-state index contributed by atoms with van der Waals surface area (Å²) in [5, 5.41) is -0.511. The van der Waals surface area contributed by atoms with Crippen LogP contribution in [0.5, 0.6) is 5.75 Å². The number of ether oxygens (including phenoxy) is 1. The van der Waals surface area contributed by atoms with Gasteiger partial charge in [-0.2, -0.15) is 0 Å². The first kappa shape index (κ1) is 15.6. The summed E-state index contributed by atoms with van der Waals surface area (Å²) < 4.78 is 5.85. The molecule has 0 fully saturated rings. The van der Waals surface area contributed by atoms with Gasteiger partial charge in [0.25, 0.3) is 0 Å². The third-order valence-electron chi connectivity index (χ3n) is 3.47. The van der Waals surface area contributed by atoms with E-state index in [0.717, 1.165) is 16.9 Å². The number of Topliss-reactive ketones (excluding diaryl/α,β-unsaturated/α-hetero) is 1. The van der Waals surface area contributed by atoms with Crippen LogP contribution in [-0.4, -0.2) is 11.2 Å². The summed E-state index contributed by atoms with van der Waals surface area (Å²) in [6.07, 6.45) is 0. The van der Waals surface area contributed by atoms with Crippen LogP contribution in [0.25, 0.3) is 0 Å². The second-order valence-electron chi connectivity index (χ2n) is 5.18. The molecule has 0 aliphatic rings. The highest BCUT2D eigenvalue weighted by atomic mass is 35.5. The van der Waals surface area contributed by atoms with E-state index in [0.29, 0.717) is 12.2 Å². The molecule has 0 aliphatic carbocycles. The van der Waals surface area contributed by atoms with E-state index in [4.69, 9.17) is 16.3 Å². The van der Waals surface area contributed by atoms with Gasteiger partial charge < -0.3 is 4.74 Å². The number of ketones is 1. The number of hydrogen-bond donors (Lipinski definition) is 0. The molecule has 3 heteroatoms. The summed E-state index contributed by atoms with van der Waals surface area (Å²) in [6, 6.07) is 13.6. The van der Waals surface area contributed by atoms with E-state index in [1.807, 2.05) is 31.2 Å². The van der Waals surface area contributed by atoms with E-state index in [-0.39, 0.29) is 5.78 Å². The van der Waals surface area contributed by atoms with Crippen molar-refractivity contribution < 1.29 is 9.53 Å². The van der Waals surface area contributed by atoms with Crippen LogP contribution in [-0.2, 0) is 6.61 Å². The molecule has 0 spiro atoms. The minimum Gasteiger partial charge on any atom is -0.489 e. The van der Waals surface area contributed by atoms with Crippen LogP contribution in [0, 0.1) is 13.8 Å². The Hall–Kier alpha value is -1.80. The number of carbonyl (C=O) groups is 1. The minimum absolute atomic E-state index is 0.0646. The highest BCUT2D eigenvalue weighted by Crippen LogP contribution is 2.22. The molecule has 21 heavy (non-hydrogen) atoms. The fourth-order valence-corrected chi connectivity index (χ4v) is 2.25. The highest BCUT2D eigenvalue weighted by Gasteiger charge is 2.13. The van der Waals surface area contributed by atoms with Gasteiger partial charge >= 0.3 is 0 Å². The van der Waals surface area contributed by atoms with Gasteiger partial charge in [0, 0.05) is 5.56 Å². The largest absolute Gasteiger partial charge is 0.489 e. The van der Waals surface area contributed by atoms with Crippen LogP contribution < -0.4 is 4.74 Å². The fourth-order valence-electron chi connectivity index (χ4n) is 2.12. The SMILES string of the molecule is Cc1ccccc1COc1ccc(C(=O)C(C)Cl)cc1C. The van der Waals surface area contributed by atoms with Crippen molar-refractivity contribution in [1.29, 1.82) is 0 Å². The maximum atomic E-state index is 11.9. The molecule has 1 unspecified atom stereocenters. The zero-order chi connectivity index (χ0) is 15.4. The lowest BCUT2D eigenvalue weighted by atomic mass is 10.1. The Kier molecular flexibility index (Phi) is 5.03. The number of aryl methyl sites for hydroxylation is 2. The lowest BCUT2D eigenvalue weighted by Crippen LogP contribution is -2.10. The molecule has 0 N–H and O–H groups in total. The van der Waals surface area contributed by atoms with Crippen molar-refractivity contribution in [3.63, 3.8) is 0 Å². The van der Waals surface area contributed by atoms with Crippen LogP contribution in [0.4, 0.5) is 0 Å². The Morgan fingerprint density at radius 3 is 2.48 bits per heavy atom. The highest BCUT2D eigenvalue weighted by molar-refractivity contribution is 6.33. The second-order valence-corrected chi connectivity index (χ2v) is 5.83. The molecule has 2 aromatic rings. The molecule has 0 aromatic heterocycles. The van der Waals surface area contributed by atoms with Gasteiger partial charge in [-0.3, -0.25) is 4.79 Å². The Bertz CT molecular complexity index is 647.